The van der Waals surface area contributed by atoms with Gasteiger partial charge >= 0.3 is 6.09 Å². The number of amides is 1. The Labute approximate surface area is 114 Å². The first-order valence-corrected chi connectivity index (χ1v) is 6.63. The monoisotopic (exact) mass is 263 g/mol. The molecule has 1 fully saturated rings. The molecule has 0 spiro atoms. The summed E-state index contributed by atoms with van der Waals surface area (Å²) in [5, 5.41) is 9.76. The molecule has 1 aliphatic rings. The Hall–Kier alpha value is -1.71. The first-order chi connectivity index (χ1) is 8.87. The molecular weight excluding hydrogens is 242 g/mol. The number of phenolic OH excluding ortho intramolecular Hbond substituents is 1. The van der Waals surface area contributed by atoms with Gasteiger partial charge in [0.2, 0.25) is 0 Å². The molecule has 1 aliphatic heterocycles. The lowest BCUT2D eigenvalue weighted by Crippen LogP contribution is -2.53. The van der Waals surface area contributed by atoms with Crippen molar-refractivity contribution in [1.29, 1.82) is 0 Å². The first kappa shape index (κ1) is 13.7. The minimum atomic E-state index is -0.466. The molecule has 0 radical (unpaired) electrons. The van der Waals surface area contributed by atoms with Gasteiger partial charge in [-0.05, 0) is 45.2 Å². The number of hydrogen-bond donors (Lipinski definition) is 1. The summed E-state index contributed by atoms with van der Waals surface area (Å²) >= 11 is 0. The Morgan fingerprint density at radius 1 is 1.42 bits per heavy atom. The highest BCUT2D eigenvalue weighted by atomic mass is 16.6. The number of para-hydroxylation sites is 1. The molecule has 104 valence electrons. The highest BCUT2D eigenvalue weighted by molar-refractivity contribution is 5.69. The van der Waals surface area contributed by atoms with E-state index >= 15 is 0 Å². The predicted octanol–water partition coefficient (Wildman–Crippen LogP) is 2.94. The molecule has 1 atom stereocenters. The number of likely N-dealkylation sites (tertiary alicyclic amines) is 1. The smallest absolute Gasteiger partial charge is 0.410 e. The van der Waals surface area contributed by atoms with Crippen LogP contribution < -0.4 is 0 Å². The van der Waals surface area contributed by atoms with E-state index in [4.69, 9.17) is 4.74 Å². The molecule has 1 saturated heterocycles. The van der Waals surface area contributed by atoms with E-state index < -0.39 is 5.60 Å². The molecule has 0 bridgehead atoms. The number of phenols is 1. The average Bonchev–Trinajstić information content (AvgIpc) is 2.23. The summed E-state index contributed by atoms with van der Waals surface area (Å²) in [6, 6.07) is 7.38. The Balaban J connectivity index is 1.96. The Kier molecular flexibility index (Phi) is 3.69. The summed E-state index contributed by atoms with van der Waals surface area (Å²) in [7, 11) is 0. The number of hydrogen-bond acceptors (Lipinski definition) is 3. The fraction of sp³-hybridized carbons (Fsp3) is 0.533. The van der Waals surface area contributed by atoms with Crippen LogP contribution in [0.25, 0.3) is 0 Å². The van der Waals surface area contributed by atoms with Gasteiger partial charge < -0.3 is 14.7 Å². The molecule has 0 aromatic heterocycles. The van der Waals surface area contributed by atoms with Gasteiger partial charge in [0, 0.05) is 12.6 Å². The van der Waals surface area contributed by atoms with Gasteiger partial charge in [-0.3, -0.25) is 0 Å². The summed E-state index contributed by atoms with van der Waals surface area (Å²) in [4.78, 5) is 13.7. The second-order valence-electron chi connectivity index (χ2n) is 5.95. The number of carbonyl (C=O) groups is 1. The molecule has 4 nitrogen and oxygen atoms in total. The number of rotatable bonds is 2. The third-order valence-corrected chi connectivity index (χ3v) is 3.22. The van der Waals surface area contributed by atoms with Crippen LogP contribution in [0.1, 0.15) is 32.8 Å². The van der Waals surface area contributed by atoms with Crippen LogP contribution >= 0.6 is 0 Å². The summed E-state index contributed by atoms with van der Waals surface area (Å²) < 4.78 is 5.36. The minimum Gasteiger partial charge on any atom is -0.508 e. The Bertz CT molecular complexity index is 465. The predicted molar refractivity (Wildman–Crippen MR) is 73.2 cm³/mol. The fourth-order valence-electron chi connectivity index (χ4n) is 2.15. The summed E-state index contributed by atoms with van der Waals surface area (Å²) in [5.74, 6) is 0.290. The van der Waals surface area contributed by atoms with E-state index in [-0.39, 0.29) is 12.1 Å². The van der Waals surface area contributed by atoms with E-state index in [1.165, 1.54) is 0 Å². The maximum Gasteiger partial charge on any atom is 0.410 e. The summed E-state index contributed by atoms with van der Waals surface area (Å²) in [5.41, 5.74) is 0.410. The van der Waals surface area contributed by atoms with E-state index in [2.05, 4.69) is 0 Å². The largest absolute Gasteiger partial charge is 0.508 e. The molecule has 2 rings (SSSR count). The zero-order valence-electron chi connectivity index (χ0n) is 11.7. The van der Waals surface area contributed by atoms with Crippen molar-refractivity contribution in [2.45, 2.75) is 45.3 Å². The molecule has 1 amide bonds. The Morgan fingerprint density at radius 2 is 2.11 bits per heavy atom. The zero-order valence-corrected chi connectivity index (χ0v) is 11.7. The standard InChI is InChI=1S/C15H21NO3/c1-15(2,3)19-14(18)16-9-8-12(16)10-11-6-4-5-7-13(11)17/h4-7,12,17H,8-10H2,1-3H3. The number of benzene rings is 1. The molecule has 0 aliphatic carbocycles. The number of nitrogens with zero attached hydrogens (tertiary/aromatic N) is 1. The van der Waals surface area contributed by atoms with Crippen molar-refractivity contribution in [1.82, 2.24) is 4.90 Å². The van der Waals surface area contributed by atoms with Crippen LogP contribution in [0.5, 0.6) is 5.75 Å². The number of aromatic hydroxyl groups is 1. The molecule has 19 heavy (non-hydrogen) atoms. The van der Waals surface area contributed by atoms with Crippen molar-refractivity contribution in [3.8, 4) is 5.75 Å². The first-order valence-electron chi connectivity index (χ1n) is 6.63. The third kappa shape index (κ3) is 3.40. The summed E-state index contributed by atoms with van der Waals surface area (Å²) in [6.45, 7) is 6.32. The molecule has 1 heterocycles. The van der Waals surface area contributed by atoms with Gasteiger partial charge in [0.25, 0.3) is 0 Å². The molecule has 4 heteroatoms. The van der Waals surface area contributed by atoms with Gasteiger partial charge in [0.05, 0.1) is 0 Å². The highest BCUT2D eigenvalue weighted by Gasteiger charge is 2.35. The topological polar surface area (TPSA) is 49.8 Å². The summed E-state index contributed by atoms with van der Waals surface area (Å²) in [6.07, 6.45) is 1.36. The lowest BCUT2D eigenvalue weighted by atomic mass is 9.95. The van der Waals surface area contributed by atoms with Crippen LogP contribution in [-0.2, 0) is 11.2 Å². The van der Waals surface area contributed by atoms with Gasteiger partial charge in [0.1, 0.15) is 11.4 Å². The van der Waals surface area contributed by atoms with Crippen molar-refractivity contribution in [3.05, 3.63) is 29.8 Å². The van der Waals surface area contributed by atoms with E-state index in [0.717, 1.165) is 18.5 Å². The van der Waals surface area contributed by atoms with Crippen LogP contribution in [0.3, 0.4) is 0 Å². The van der Waals surface area contributed by atoms with Crippen LogP contribution in [0, 0.1) is 0 Å². The van der Waals surface area contributed by atoms with Crippen molar-refractivity contribution in [3.63, 3.8) is 0 Å². The van der Waals surface area contributed by atoms with Crippen molar-refractivity contribution in [2.24, 2.45) is 0 Å². The van der Waals surface area contributed by atoms with E-state index in [0.29, 0.717) is 12.2 Å². The molecule has 1 aromatic carbocycles. The zero-order chi connectivity index (χ0) is 14.0. The lowest BCUT2D eigenvalue weighted by Gasteiger charge is -2.41. The quantitative estimate of drug-likeness (QED) is 0.892. The fourth-order valence-corrected chi connectivity index (χ4v) is 2.15. The van der Waals surface area contributed by atoms with Crippen molar-refractivity contribution >= 4 is 6.09 Å². The maximum atomic E-state index is 12.0. The van der Waals surface area contributed by atoms with Crippen LogP contribution in [0.2, 0.25) is 0 Å². The second kappa shape index (κ2) is 5.11. The lowest BCUT2D eigenvalue weighted by molar-refractivity contribution is -0.00508. The van der Waals surface area contributed by atoms with Crippen LogP contribution in [-0.4, -0.2) is 34.3 Å². The van der Waals surface area contributed by atoms with Gasteiger partial charge in [-0.2, -0.15) is 0 Å². The van der Waals surface area contributed by atoms with E-state index in [1.807, 2.05) is 32.9 Å². The normalized spacial score (nSPS) is 18.9. The average molecular weight is 263 g/mol. The van der Waals surface area contributed by atoms with Gasteiger partial charge in [-0.1, -0.05) is 18.2 Å². The van der Waals surface area contributed by atoms with Crippen molar-refractivity contribution < 1.29 is 14.6 Å². The molecule has 0 saturated carbocycles. The Morgan fingerprint density at radius 3 is 2.63 bits per heavy atom. The van der Waals surface area contributed by atoms with Gasteiger partial charge in [-0.15, -0.1) is 0 Å². The molecular formula is C15H21NO3. The molecule has 1 N–H and O–H groups in total. The second-order valence-corrected chi connectivity index (χ2v) is 5.95. The van der Waals surface area contributed by atoms with Gasteiger partial charge in [0.15, 0.2) is 0 Å². The minimum absolute atomic E-state index is 0.128. The maximum absolute atomic E-state index is 12.0. The molecule has 1 unspecified atom stereocenters. The van der Waals surface area contributed by atoms with E-state index in [9.17, 15) is 9.90 Å². The SMILES string of the molecule is CC(C)(C)OC(=O)N1CCC1Cc1ccccc1O. The van der Waals surface area contributed by atoms with E-state index in [1.54, 1.807) is 17.0 Å². The van der Waals surface area contributed by atoms with Crippen LogP contribution in [0.15, 0.2) is 24.3 Å². The highest BCUT2D eigenvalue weighted by Crippen LogP contribution is 2.27. The van der Waals surface area contributed by atoms with Gasteiger partial charge in [-0.25, -0.2) is 4.79 Å². The number of carbonyl (C=O) groups excluding carboxylic acids is 1. The number of ether oxygens (including phenoxy) is 1. The third-order valence-electron chi connectivity index (χ3n) is 3.22. The van der Waals surface area contributed by atoms with Crippen molar-refractivity contribution in [2.75, 3.05) is 6.54 Å². The van der Waals surface area contributed by atoms with Crippen LogP contribution in [0.4, 0.5) is 4.79 Å². The molecule has 1 aromatic rings.